The number of thioether (sulfide) groups is 1. The Hall–Kier alpha value is -1.96. The van der Waals surface area contributed by atoms with Crippen molar-refractivity contribution < 1.29 is 4.79 Å². The molecule has 1 N–H and O–H groups in total. The number of hydrogen-bond acceptors (Lipinski definition) is 6. The topological polar surface area (TPSA) is 67.8 Å². The molecule has 1 aromatic carbocycles. The van der Waals surface area contributed by atoms with Crippen LogP contribution in [0.1, 0.15) is 12.5 Å². The summed E-state index contributed by atoms with van der Waals surface area (Å²) in [5, 5.41) is 12.4. The maximum absolute atomic E-state index is 12.3. The van der Waals surface area contributed by atoms with Crippen molar-refractivity contribution >= 4 is 40.6 Å². The molecule has 0 aliphatic rings. The number of benzene rings is 1. The second-order valence-electron chi connectivity index (χ2n) is 5.18. The minimum absolute atomic E-state index is 0.0643. The first-order chi connectivity index (χ1) is 12.1. The fraction of sp³-hybridized carbons (Fsp3) is 0.176. The van der Waals surface area contributed by atoms with Crippen LogP contribution in [-0.2, 0) is 11.3 Å². The lowest BCUT2D eigenvalue weighted by atomic mass is 10.2. The summed E-state index contributed by atoms with van der Waals surface area (Å²) in [5.41, 5.74) is 1.86. The van der Waals surface area contributed by atoms with Crippen molar-refractivity contribution in [1.82, 2.24) is 20.5 Å². The molecular formula is C17H15ClN4OS2. The Morgan fingerprint density at radius 3 is 2.76 bits per heavy atom. The molecule has 0 aliphatic carbocycles. The summed E-state index contributed by atoms with van der Waals surface area (Å²) in [4.78, 5) is 16.3. The van der Waals surface area contributed by atoms with Gasteiger partial charge in [0.05, 0.1) is 5.25 Å². The predicted octanol–water partition coefficient (Wildman–Crippen LogP) is 4.05. The highest BCUT2D eigenvalue weighted by atomic mass is 35.5. The number of rotatable bonds is 6. The standard InChI is InChI=1S/C17H15ClN4OS2/c1-11(15(23)20-10-13-4-2-3-5-14(13)18)24-17-22-21-16(25-17)12-6-8-19-9-7-12/h2-9,11H,10H2,1H3,(H,20,23). The van der Waals surface area contributed by atoms with E-state index < -0.39 is 0 Å². The second kappa shape index (κ2) is 8.42. The number of amides is 1. The normalized spacial score (nSPS) is 11.9. The first-order valence-corrected chi connectivity index (χ1v) is 9.62. The Kier molecular flexibility index (Phi) is 6.01. The van der Waals surface area contributed by atoms with Crippen LogP contribution in [0.4, 0.5) is 0 Å². The van der Waals surface area contributed by atoms with Crippen LogP contribution >= 0.6 is 34.7 Å². The molecule has 1 amide bonds. The molecule has 0 fully saturated rings. The quantitative estimate of drug-likeness (QED) is 0.643. The van der Waals surface area contributed by atoms with Gasteiger partial charge in [0.2, 0.25) is 5.91 Å². The zero-order chi connectivity index (χ0) is 17.6. The summed E-state index contributed by atoms with van der Waals surface area (Å²) >= 11 is 8.95. The van der Waals surface area contributed by atoms with E-state index in [1.165, 1.54) is 23.1 Å². The summed E-state index contributed by atoms with van der Waals surface area (Å²) in [6.07, 6.45) is 3.43. The number of carbonyl (C=O) groups is 1. The van der Waals surface area contributed by atoms with Gasteiger partial charge in [-0.05, 0) is 30.7 Å². The monoisotopic (exact) mass is 390 g/mol. The van der Waals surface area contributed by atoms with Crippen molar-refractivity contribution in [3.63, 3.8) is 0 Å². The van der Waals surface area contributed by atoms with Gasteiger partial charge in [-0.15, -0.1) is 10.2 Å². The van der Waals surface area contributed by atoms with Crippen molar-refractivity contribution in [2.75, 3.05) is 0 Å². The molecule has 0 saturated carbocycles. The van der Waals surface area contributed by atoms with E-state index >= 15 is 0 Å². The molecule has 25 heavy (non-hydrogen) atoms. The number of nitrogens with one attached hydrogen (secondary N) is 1. The summed E-state index contributed by atoms with van der Waals surface area (Å²) < 4.78 is 0.757. The molecule has 0 saturated heterocycles. The predicted molar refractivity (Wildman–Crippen MR) is 102 cm³/mol. The summed E-state index contributed by atoms with van der Waals surface area (Å²) in [5.74, 6) is -0.0643. The number of pyridine rings is 1. The van der Waals surface area contributed by atoms with Crippen LogP contribution in [0, 0.1) is 0 Å². The number of aromatic nitrogens is 3. The van der Waals surface area contributed by atoms with E-state index in [1.54, 1.807) is 12.4 Å². The van der Waals surface area contributed by atoms with E-state index in [0.29, 0.717) is 11.6 Å². The minimum Gasteiger partial charge on any atom is -0.351 e. The molecule has 3 rings (SSSR count). The molecule has 0 bridgehead atoms. The lowest BCUT2D eigenvalue weighted by Gasteiger charge is -2.11. The number of halogens is 1. The molecule has 1 atom stereocenters. The van der Waals surface area contributed by atoms with Gasteiger partial charge in [-0.2, -0.15) is 0 Å². The highest BCUT2D eigenvalue weighted by Gasteiger charge is 2.17. The van der Waals surface area contributed by atoms with Crippen molar-refractivity contribution in [3.05, 3.63) is 59.4 Å². The van der Waals surface area contributed by atoms with Crippen molar-refractivity contribution in [3.8, 4) is 10.6 Å². The van der Waals surface area contributed by atoms with Gasteiger partial charge in [0.15, 0.2) is 4.34 Å². The first-order valence-electron chi connectivity index (χ1n) is 7.55. The second-order valence-corrected chi connectivity index (χ2v) is 8.15. The third kappa shape index (κ3) is 4.78. The average Bonchev–Trinajstić information content (AvgIpc) is 3.10. The Bertz CT molecular complexity index is 857. The Labute approximate surface area is 158 Å². The highest BCUT2D eigenvalue weighted by Crippen LogP contribution is 2.31. The van der Waals surface area contributed by atoms with E-state index in [0.717, 1.165) is 20.5 Å². The van der Waals surface area contributed by atoms with Crippen LogP contribution in [0.3, 0.4) is 0 Å². The zero-order valence-corrected chi connectivity index (χ0v) is 15.7. The van der Waals surface area contributed by atoms with Gasteiger partial charge in [-0.3, -0.25) is 9.78 Å². The average molecular weight is 391 g/mol. The molecule has 1 unspecified atom stereocenters. The summed E-state index contributed by atoms with van der Waals surface area (Å²) in [6.45, 7) is 2.25. The molecule has 0 spiro atoms. The molecule has 2 heterocycles. The maximum atomic E-state index is 12.3. The zero-order valence-electron chi connectivity index (χ0n) is 13.3. The smallest absolute Gasteiger partial charge is 0.233 e. The van der Waals surface area contributed by atoms with Gasteiger partial charge in [0.25, 0.3) is 0 Å². The minimum atomic E-state index is -0.277. The fourth-order valence-corrected chi connectivity index (χ4v) is 4.27. The number of hydrogen-bond donors (Lipinski definition) is 1. The third-order valence-corrected chi connectivity index (χ3v) is 5.92. The third-order valence-electron chi connectivity index (χ3n) is 3.39. The first kappa shape index (κ1) is 17.8. The summed E-state index contributed by atoms with van der Waals surface area (Å²) in [6, 6.07) is 11.2. The highest BCUT2D eigenvalue weighted by molar-refractivity contribution is 8.02. The molecular weight excluding hydrogens is 376 g/mol. The van der Waals surface area contributed by atoms with Gasteiger partial charge in [0.1, 0.15) is 5.01 Å². The Morgan fingerprint density at radius 2 is 2.00 bits per heavy atom. The Morgan fingerprint density at radius 1 is 1.24 bits per heavy atom. The van der Waals surface area contributed by atoms with Gasteiger partial charge in [-0.25, -0.2) is 0 Å². The van der Waals surface area contributed by atoms with Gasteiger partial charge < -0.3 is 5.32 Å². The number of carbonyl (C=O) groups excluding carboxylic acids is 1. The van der Waals surface area contributed by atoms with E-state index in [9.17, 15) is 4.79 Å². The van der Waals surface area contributed by atoms with E-state index in [1.807, 2.05) is 43.3 Å². The molecule has 8 heteroatoms. The fourth-order valence-electron chi connectivity index (χ4n) is 2.04. The van der Waals surface area contributed by atoms with Crippen LogP contribution in [0.25, 0.3) is 10.6 Å². The lowest BCUT2D eigenvalue weighted by molar-refractivity contribution is -0.120. The maximum Gasteiger partial charge on any atom is 0.233 e. The van der Waals surface area contributed by atoms with E-state index in [4.69, 9.17) is 11.6 Å². The van der Waals surface area contributed by atoms with Gasteiger partial charge in [-0.1, -0.05) is 52.9 Å². The van der Waals surface area contributed by atoms with Crippen LogP contribution in [0.15, 0.2) is 53.1 Å². The van der Waals surface area contributed by atoms with Crippen LogP contribution in [0.5, 0.6) is 0 Å². The number of nitrogens with zero attached hydrogens (tertiary/aromatic N) is 3. The molecule has 3 aromatic rings. The van der Waals surface area contributed by atoms with E-state index in [2.05, 4.69) is 20.5 Å². The van der Waals surface area contributed by atoms with Crippen molar-refractivity contribution in [2.24, 2.45) is 0 Å². The molecule has 128 valence electrons. The van der Waals surface area contributed by atoms with Crippen LogP contribution in [0.2, 0.25) is 5.02 Å². The molecule has 5 nitrogen and oxygen atoms in total. The van der Waals surface area contributed by atoms with E-state index in [-0.39, 0.29) is 11.2 Å². The molecule has 2 aromatic heterocycles. The van der Waals surface area contributed by atoms with Crippen LogP contribution < -0.4 is 5.32 Å². The van der Waals surface area contributed by atoms with Gasteiger partial charge >= 0.3 is 0 Å². The summed E-state index contributed by atoms with van der Waals surface area (Å²) in [7, 11) is 0. The van der Waals surface area contributed by atoms with Gasteiger partial charge in [0, 0.05) is 29.5 Å². The molecule has 0 radical (unpaired) electrons. The Balaban J connectivity index is 1.57. The van der Waals surface area contributed by atoms with Crippen LogP contribution in [-0.4, -0.2) is 26.3 Å². The lowest BCUT2D eigenvalue weighted by Crippen LogP contribution is -2.30. The van der Waals surface area contributed by atoms with Crippen molar-refractivity contribution in [1.29, 1.82) is 0 Å². The van der Waals surface area contributed by atoms with Crippen molar-refractivity contribution in [2.45, 2.75) is 23.1 Å². The largest absolute Gasteiger partial charge is 0.351 e. The SMILES string of the molecule is CC(Sc1nnc(-c2ccncc2)s1)C(=O)NCc1ccccc1Cl. The molecule has 0 aliphatic heterocycles.